The summed E-state index contributed by atoms with van der Waals surface area (Å²) in [6.07, 6.45) is 2.17. The van der Waals surface area contributed by atoms with Gasteiger partial charge in [-0.1, -0.05) is 89.5 Å². The standard InChI is InChI=1S/C6H20O4Si4.C5H18O4Si4.2C5H16OSi2.2C2H8Si.5CH4/c1-12(2)7-11-8-13(3,4)10-14(5,6)9-12;1-11-6-10-7-12(2,3)9-13(4,5)8-11;2*1-7(2)5-6-8(3)4;2*1-3-2;;;;;/h11H2,1-6H3;11H,10H2,1-5H3;2*7-8H,5H2,1-4H3;2*3H2,1-2H3;5*1H4. The highest BCUT2D eigenvalue weighted by Gasteiger charge is 2.44. The highest BCUT2D eigenvalue weighted by atomic mass is 28.5. The van der Waals surface area contributed by atoms with Crippen LogP contribution in [0.25, 0.3) is 0 Å². The van der Waals surface area contributed by atoms with Crippen LogP contribution >= 0.6 is 0 Å². The topological polar surface area (TPSA) is 92.3 Å². The highest BCUT2D eigenvalue weighted by Crippen LogP contribution is 2.24. The molecule has 1 unspecified atom stereocenters. The quantitative estimate of drug-likeness (QED) is 0.255. The van der Waals surface area contributed by atoms with Gasteiger partial charge in [0.25, 0.3) is 29.3 Å². The van der Waals surface area contributed by atoms with Gasteiger partial charge in [-0.2, -0.15) is 0 Å². The first-order chi connectivity index (χ1) is 22.0. The molecule has 2 heterocycles. The Balaban J connectivity index is -0.0000000675. The van der Waals surface area contributed by atoms with E-state index in [0.717, 1.165) is 12.5 Å². The predicted octanol–water partition coefficient (Wildman–Crippen LogP) is 7.20. The van der Waals surface area contributed by atoms with Gasteiger partial charge in [0.2, 0.25) is 0 Å². The van der Waals surface area contributed by atoms with Gasteiger partial charge in [-0.3, -0.25) is 0 Å². The van der Waals surface area contributed by atoms with Crippen LogP contribution in [0.5, 0.6) is 0 Å². The number of rotatable bonds is 6. The van der Waals surface area contributed by atoms with Crippen molar-refractivity contribution in [3.63, 3.8) is 0 Å². The van der Waals surface area contributed by atoms with Crippen molar-refractivity contribution in [3.05, 3.63) is 0 Å². The van der Waals surface area contributed by atoms with Crippen molar-refractivity contribution in [3.8, 4) is 0 Å². The van der Waals surface area contributed by atoms with Gasteiger partial charge < -0.3 is 41.8 Å². The fraction of sp³-hybridized carbons (Fsp3) is 1.00. The second-order valence-electron chi connectivity index (χ2n) is 15.8. The molecule has 1 atom stereocenters. The Morgan fingerprint density at radius 3 is 0.981 bits per heavy atom. The van der Waals surface area contributed by atoms with Gasteiger partial charge in [0.1, 0.15) is 0 Å². The Labute approximate surface area is 366 Å². The van der Waals surface area contributed by atoms with Gasteiger partial charge in [-0.15, -0.1) is 0 Å². The third-order valence-electron chi connectivity index (χ3n) is 4.97. The lowest BCUT2D eigenvalue weighted by molar-refractivity contribution is 0.261. The second kappa shape index (κ2) is 41.0. The smallest absolute Gasteiger partial charge is 0.314 e. The number of hydrogen-bond donors (Lipinski definition) is 0. The summed E-state index contributed by atoms with van der Waals surface area (Å²) in [7, 11) is -14.5. The van der Waals surface area contributed by atoms with E-state index < -0.39 is 108 Å². The van der Waals surface area contributed by atoms with E-state index in [1.165, 1.54) is 0 Å². The summed E-state index contributed by atoms with van der Waals surface area (Å²) >= 11 is 0. The molecule has 24 heteroatoms. The molecule has 0 amide bonds. The zero-order valence-corrected chi connectivity index (χ0v) is 53.1. The molecule has 2 aliphatic heterocycles. The van der Waals surface area contributed by atoms with Crippen molar-refractivity contribution < 1.29 is 41.8 Å². The Hall–Kier alpha value is 2.64. The summed E-state index contributed by atoms with van der Waals surface area (Å²) in [5, 5.41) is 0. The molecule has 2 aliphatic rings. The summed E-state index contributed by atoms with van der Waals surface area (Å²) in [6, 6.07) is 0. The van der Waals surface area contributed by atoms with Crippen molar-refractivity contribution in [1.29, 1.82) is 0 Å². The first kappa shape index (κ1) is 77.3. The lowest BCUT2D eigenvalue weighted by atomic mass is 11.7. The average Bonchev–Trinajstić information content (AvgIpc) is 2.84. The fourth-order valence-corrected chi connectivity index (χ4v) is 37.4. The largest absolute Gasteiger partial charge is 0.424 e. The summed E-state index contributed by atoms with van der Waals surface area (Å²) in [5.74, 6) is 0. The fourth-order valence-electron chi connectivity index (χ4n) is 3.70. The van der Waals surface area contributed by atoms with E-state index in [1.807, 2.05) is 6.55 Å². The molecule has 342 valence electrons. The molecule has 54 heavy (non-hydrogen) atoms. The molecule has 0 saturated carbocycles. The summed E-state index contributed by atoms with van der Waals surface area (Å²) in [6.45, 7) is 49.8. The maximum atomic E-state index is 6.02. The van der Waals surface area contributed by atoms with Gasteiger partial charge in [-0.25, -0.2) is 0 Å². The molecule has 0 spiro atoms. The zero-order valence-electron chi connectivity index (χ0n) is 36.7. The van der Waals surface area contributed by atoms with Crippen LogP contribution in [0, 0.1) is 0 Å². The Bertz CT molecular complexity index is 719. The van der Waals surface area contributed by atoms with Gasteiger partial charge in [0.05, 0.1) is 17.6 Å². The normalized spacial score (nSPS) is 20.4. The van der Waals surface area contributed by atoms with Crippen LogP contribution in [0.15, 0.2) is 0 Å². The lowest BCUT2D eigenvalue weighted by Gasteiger charge is -2.40. The van der Waals surface area contributed by atoms with Crippen molar-refractivity contribution in [1.82, 2.24) is 0 Å². The van der Waals surface area contributed by atoms with Crippen molar-refractivity contribution in [2.75, 3.05) is 12.5 Å². The van der Waals surface area contributed by atoms with Crippen LogP contribution in [0.3, 0.4) is 0 Å². The van der Waals surface area contributed by atoms with Gasteiger partial charge in [0.15, 0.2) is 18.1 Å². The third kappa shape index (κ3) is 61.3. The van der Waals surface area contributed by atoms with E-state index in [9.17, 15) is 0 Å². The van der Waals surface area contributed by atoms with Crippen molar-refractivity contribution in [2.24, 2.45) is 0 Å². The van der Waals surface area contributed by atoms with Crippen molar-refractivity contribution in [2.45, 2.75) is 188 Å². The summed E-state index contributed by atoms with van der Waals surface area (Å²) in [5.41, 5.74) is 0. The Morgan fingerprint density at radius 2 is 0.741 bits per heavy atom. The molecule has 0 bridgehead atoms. The van der Waals surface area contributed by atoms with E-state index in [4.69, 9.17) is 41.8 Å². The van der Waals surface area contributed by atoms with Crippen LogP contribution in [0.4, 0.5) is 0 Å². The Morgan fingerprint density at radius 1 is 0.481 bits per heavy atom. The highest BCUT2D eigenvalue weighted by molar-refractivity contribution is 6.88. The minimum Gasteiger partial charge on any atom is -0.424 e. The molecule has 2 saturated heterocycles. The minimum absolute atomic E-state index is 0. The molecule has 2 rings (SSSR count). The minimum atomic E-state index is -2.05. The number of hydrogen-bond acceptors (Lipinski definition) is 10. The second-order valence-corrected chi connectivity index (χ2v) is 53.5. The summed E-state index contributed by atoms with van der Waals surface area (Å²) < 4.78 is 57.7. The molecular formula is C30H106O10Si14. The first-order valence-electron chi connectivity index (χ1n) is 18.6. The third-order valence-corrected chi connectivity index (χ3v) is 36.8. The molecule has 0 aromatic heterocycles. The molecular weight excluding hydrogens is 914 g/mol. The van der Waals surface area contributed by atoms with Crippen LogP contribution in [-0.4, -0.2) is 139 Å². The van der Waals surface area contributed by atoms with Crippen LogP contribution in [0.1, 0.15) is 37.1 Å². The summed E-state index contributed by atoms with van der Waals surface area (Å²) in [4.78, 5) is 0. The van der Waals surface area contributed by atoms with E-state index in [2.05, 4.69) is 144 Å². The molecule has 0 aliphatic carbocycles. The monoisotopic (exact) mass is 1020 g/mol. The average molecular weight is 1020 g/mol. The maximum Gasteiger partial charge on any atom is 0.314 e. The molecule has 0 N–H and O–H groups in total. The van der Waals surface area contributed by atoms with Crippen molar-refractivity contribution >= 4 is 127 Å². The molecule has 2 fully saturated rings. The van der Waals surface area contributed by atoms with E-state index in [-0.39, 0.29) is 37.1 Å². The molecule has 0 aromatic carbocycles. The van der Waals surface area contributed by atoms with Gasteiger partial charge >= 0.3 is 42.8 Å². The van der Waals surface area contributed by atoms with Gasteiger partial charge in [-0.05, 0) is 98.2 Å². The van der Waals surface area contributed by atoms with E-state index in [1.54, 1.807) is 0 Å². The first-order valence-corrected chi connectivity index (χ1v) is 54.5. The SMILES string of the molecule is C.C.C.C.C.C[SiH2]C.C[SiH2]C.C[SiH](C)CO[SiH](C)C.C[SiH](C)CO[SiH](C)C.C[SiH]1O[SiH2]O[Si](C)(C)O[Si](C)(C)O1.C[Si]1(C)O[SiH2]O[Si](C)(C)O[Si](C)(C)O1. The maximum absolute atomic E-state index is 6.02. The molecule has 0 aromatic rings. The Kier molecular flexibility index (Phi) is 58.7. The zero-order chi connectivity index (χ0) is 39.7. The predicted molar refractivity (Wildman–Crippen MR) is 288 cm³/mol. The van der Waals surface area contributed by atoms with Crippen LogP contribution < -0.4 is 0 Å². The molecule has 0 radical (unpaired) electrons. The van der Waals surface area contributed by atoms with E-state index >= 15 is 0 Å². The van der Waals surface area contributed by atoms with Crippen LogP contribution in [0.2, 0.25) is 151 Å². The van der Waals surface area contributed by atoms with E-state index in [0.29, 0.717) is 19.0 Å². The van der Waals surface area contributed by atoms with Gasteiger partial charge in [0, 0.05) is 31.5 Å². The lowest BCUT2D eigenvalue weighted by Crippen LogP contribution is -2.58. The van der Waals surface area contributed by atoms with Crippen LogP contribution in [-0.2, 0) is 41.8 Å². The molecule has 10 nitrogen and oxygen atoms in total.